The Bertz CT molecular complexity index is 233. The van der Waals surface area contributed by atoms with Crippen molar-refractivity contribution in [2.24, 2.45) is 5.73 Å². The molecule has 0 aliphatic rings. The van der Waals surface area contributed by atoms with E-state index in [4.69, 9.17) is 10.8 Å². The van der Waals surface area contributed by atoms with E-state index in [1.165, 1.54) is 6.33 Å². The molecule has 0 aromatic carbocycles. The molecule has 66 valence electrons. The first-order valence-electron chi connectivity index (χ1n) is 3.80. The fraction of sp³-hybridized carbons (Fsp3) is 0.500. The molecule has 4 nitrogen and oxygen atoms in total. The lowest BCUT2D eigenvalue weighted by atomic mass is 9.88. The second kappa shape index (κ2) is 3.60. The minimum absolute atomic E-state index is 0.000509. The van der Waals surface area contributed by atoms with Gasteiger partial charge in [-0.1, -0.05) is 6.92 Å². The highest BCUT2D eigenvalue weighted by atomic mass is 16.3. The van der Waals surface area contributed by atoms with Gasteiger partial charge in [0, 0.05) is 18.2 Å². The average Bonchev–Trinajstić information content (AvgIpc) is 2.18. The normalized spacial score (nSPS) is 15.6. The van der Waals surface area contributed by atoms with Gasteiger partial charge in [-0.05, 0) is 6.07 Å². The van der Waals surface area contributed by atoms with Crippen LogP contribution in [-0.4, -0.2) is 28.2 Å². The molecule has 0 bridgehead atoms. The van der Waals surface area contributed by atoms with Gasteiger partial charge >= 0.3 is 0 Å². The number of hydrogen-bond donors (Lipinski definition) is 2. The van der Waals surface area contributed by atoms with E-state index in [9.17, 15) is 0 Å². The second-order valence-electron chi connectivity index (χ2n) is 3.02. The fourth-order valence-electron chi connectivity index (χ4n) is 0.898. The van der Waals surface area contributed by atoms with Crippen molar-refractivity contribution in [3.05, 3.63) is 24.3 Å². The van der Waals surface area contributed by atoms with Crippen molar-refractivity contribution in [3.8, 4) is 0 Å². The first-order chi connectivity index (χ1) is 5.73. The molecule has 0 spiro atoms. The highest BCUT2D eigenvalue weighted by Gasteiger charge is 2.25. The molecule has 0 saturated heterocycles. The minimum atomic E-state index is -0.442. The molecule has 0 amide bonds. The summed E-state index contributed by atoms with van der Waals surface area (Å²) in [4.78, 5) is 7.84. The van der Waals surface area contributed by atoms with E-state index in [2.05, 4.69) is 9.97 Å². The van der Waals surface area contributed by atoms with E-state index in [1.807, 2.05) is 6.92 Å². The predicted molar refractivity (Wildman–Crippen MR) is 45.5 cm³/mol. The molecular weight excluding hydrogens is 154 g/mol. The maximum Gasteiger partial charge on any atom is 0.115 e. The topological polar surface area (TPSA) is 72.0 Å². The van der Waals surface area contributed by atoms with Crippen LogP contribution in [0.3, 0.4) is 0 Å². The van der Waals surface area contributed by atoms with E-state index < -0.39 is 5.41 Å². The maximum atomic E-state index is 9.10. The molecule has 0 saturated carbocycles. The molecule has 4 heteroatoms. The number of aromatic nitrogens is 2. The Hall–Kier alpha value is -1.00. The van der Waals surface area contributed by atoms with Crippen molar-refractivity contribution >= 4 is 0 Å². The van der Waals surface area contributed by atoms with Gasteiger partial charge in [0.05, 0.1) is 12.3 Å². The van der Waals surface area contributed by atoms with Crippen LogP contribution in [0, 0.1) is 0 Å². The lowest BCUT2D eigenvalue weighted by Crippen LogP contribution is -2.36. The van der Waals surface area contributed by atoms with Crippen LogP contribution in [-0.2, 0) is 5.41 Å². The molecule has 0 aliphatic carbocycles. The number of aliphatic hydroxyl groups excluding tert-OH is 1. The second-order valence-corrected chi connectivity index (χ2v) is 3.02. The van der Waals surface area contributed by atoms with Crippen molar-refractivity contribution in [1.82, 2.24) is 9.97 Å². The van der Waals surface area contributed by atoms with Crippen LogP contribution in [0.15, 0.2) is 18.6 Å². The predicted octanol–water partition coefficient (Wildman–Crippen LogP) is -0.315. The minimum Gasteiger partial charge on any atom is -0.395 e. The molecule has 0 aliphatic heterocycles. The van der Waals surface area contributed by atoms with Crippen molar-refractivity contribution in [2.75, 3.05) is 13.2 Å². The Morgan fingerprint density at radius 2 is 2.42 bits per heavy atom. The van der Waals surface area contributed by atoms with Crippen molar-refractivity contribution in [2.45, 2.75) is 12.3 Å². The first-order valence-corrected chi connectivity index (χ1v) is 3.80. The number of nitrogens with two attached hydrogens (primary N) is 1. The summed E-state index contributed by atoms with van der Waals surface area (Å²) in [5, 5.41) is 9.10. The van der Waals surface area contributed by atoms with Crippen LogP contribution in [0.1, 0.15) is 12.6 Å². The summed E-state index contributed by atoms with van der Waals surface area (Å²) in [5.41, 5.74) is 5.87. The summed E-state index contributed by atoms with van der Waals surface area (Å²) in [6.45, 7) is 2.25. The Labute approximate surface area is 71.5 Å². The lowest BCUT2D eigenvalue weighted by Gasteiger charge is -2.23. The van der Waals surface area contributed by atoms with Gasteiger partial charge in [-0.25, -0.2) is 9.97 Å². The van der Waals surface area contributed by atoms with Crippen LogP contribution < -0.4 is 5.73 Å². The Morgan fingerprint density at radius 1 is 1.67 bits per heavy atom. The lowest BCUT2D eigenvalue weighted by molar-refractivity contribution is 0.207. The first kappa shape index (κ1) is 9.09. The molecule has 3 N–H and O–H groups in total. The summed E-state index contributed by atoms with van der Waals surface area (Å²) < 4.78 is 0. The Kier molecular flexibility index (Phi) is 2.73. The third-order valence-electron chi connectivity index (χ3n) is 2.00. The summed E-state index contributed by atoms with van der Waals surface area (Å²) in [7, 11) is 0. The van der Waals surface area contributed by atoms with E-state index in [0.29, 0.717) is 6.54 Å². The van der Waals surface area contributed by atoms with Crippen LogP contribution in [0.25, 0.3) is 0 Å². The quantitative estimate of drug-likeness (QED) is 0.647. The largest absolute Gasteiger partial charge is 0.395 e. The van der Waals surface area contributed by atoms with Crippen molar-refractivity contribution < 1.29 is 5.11 Å². The molecule has 12 heavy (non-hydrogen) atoms. The maximum absolute atomic E-state index is 9.10. The number of hydrogen-bond acceptors (Lipinski definition) is 4. The molecular formula is C8H13N3O. The van der Waals surface area contributed by atoms with Crippen LogP contribution >= 0.6 is 0 Å². The van der Waals surface area contributed by atoms with E-state index in [-0.39, 0.29) is 6.61 Å². The molecule has 1 heterocycles. The van der Waals surface area contributed by atoms with Crippen molar-refractivity contribution in [1.29, 1.82) is 0 Å². The molecule has 1 aromatic rings. The van der Waals surface area contributed by atoms with Gasteiger partial charge in [-0.2, -0.15) is 0 Å². The van der Waals surface area contributed by atoms with Gasteiger partial charge in [0.15, 0.2) is 0 Å². The zero-order valence-corrected chi connectivity index (χ0v) is 7.07. The Balaban J connectivity index is 2.95. The summed E-state index contributed by atoms with van der Waals surface area (Å²) >= 11 is 0. The van der Waals surface area contributed by atoms with Crippen LogP contribution in [0.2, 0.25) is 0 Å². The zero-order valence-electron chi connectivity index (χ0n) is 7.07. The Morgan fingerprint density at radius 3 is 2.83 bits per heavy atom. The number of aliphatic hydroxyl groups is 1. The summed E-state index contributed by atoms with van der Waals surface area (Å²) in [6.07, 6.45) is 3.10. The van der Waals surface area contributed by atoms with E-state index in [1.54, 1.807) is 12.3 Å². The third kappa shape index (κ3) is 1.60. The molecule has 1 unspecified atom stereocenters. The average molecular weight is 167 g/mol. The fourth-order valence-corrected chi connectivity index (χ4v) is 0.898. The van der Waals surface area contributed by atoms with Crippen LogP contribution in [0.5, 0.6) is 0 Å². The van der Waals surface area contributed by atoms with Gasteiger partial charge in [-0.3, -0.25) is 0 Å². The van der Waals surface area contributed by atoms with E-state index in [0.717, 1.165) is 5.69 Å². The molecule has 1 atom stereocenters. The van der Waals surface area contributed by atoms with Gasteiger partial charge in [-0.15, -0.1) is 0 Å². The van der Waals surface area contributed by atoms with Gasteiger partial charge in [0.1, 0.15) is 6.33 Å². The van der Waals surface area contributed by atoms with Crippen LogP contribution in [0.4, 0.5) is 0 Å². The van der Waals surface area contributed by atoms with Crippen molar-refractivity contribution in [3.63, 3.8) is 0 Å². The number of rotatable bonds is 3. The smallest absolute Gasteiger partial charge is 0.115 e. The zero-order chi connectivity index (χ0) is 9.03. The highest BCUT2D eigenvalue weighted by molar-refractivity contribution is 5.13. The summed E-state index contributed by atoms with van der Waals surface area (Å²) in [6, 6.07) is 1.77. The van der Waals surface area contributed by atoms with Gasteiger partial charge in [0.2, 0.25) is 0 Å². The van der Waals surface area contributed by atoms with Gasteiger partial charge < -0.3 is 10.8 Å². The SMILES string of the molecule is CC(CN)(CO)c1ccncn1. The van der Waals surface area contributed by atoms with E-state index >= 15 is 0 Å². The van der Waals surface area contributed by atoms with Gasteiger partial charge in [0.25, 0.3) is 0 Å². The third-order valence-corrected chi connectivity index (χ3v) is 2.00. The number of nitrogens with zero attached hydrogens (tertiary/aromatic N) is 2. The highest BCUT2D eigenvalue weighted by Crippen LogP contribution is 2.18. The molecule has 0 radical (unpaired) electrons. The molecule has 1 aromatic heterocycles. The monoisotopic (exact) mass is 167 g/mol. The molecule has 0 fully saturated rings. The standard InChI is InChI=1S/C8H13N3O/c1-8(4-9,5-12)7-2-3-10-6-11-7/h2-3,6,12H,4-5,9H2,1H3. The molecule has 1 rings (SSSR count). The summed E-state index contributed by atoms with van der Waals surface area (Å²) in [5.74, 6) is 0.